The second kappa shape index (κ2) is 5.66. The maximum absolute atomic E-state index is 11.1. The number of rotatable bonds is 1. The van der Waals surface area contributed by atoms with E-state index >= 15 is 0 Å². The van der Waals surface area contributed by atoms with Crippen LogP contribution in [0.2, 0.25) is 0 Å². The second-order valence-corrected chi connectivity index (χ2v) is 6.29. The molecule has 0 saturated carbocycles. The normalized spacial score (nSPS) is 11.6. The number of nitrogens with zero attached hydrogens (tertiary/aromatic N) is 1. The van der Waals surface area contributed by atoms with Gasteiger partial charge in [0.05, 0.1) is 10.4 Å². The molecule has 1 heterocycles. The molecule has 102 valence electrons. The Balaban J connectivity index is 0.00000161. The van der Waals surface area contributed by atoms with Gasteiger partial charge in [0.15, 0.2) is 0 Å². The van der Waals surface area contributed by atoms with Crippen LogP contribution in [0.4, 0.5) is 0 Å². The molecule has 0 atom stereocenters. The third-order valence-corrected chi connectivity index (χ3v) is 4.19. The summed E-state index contributed by atoms with van der Waals surface area (Å²) in [6, 6.07) is 10.2. The van der Waals surface area contributed by atoms with Crippen molar-refractivity contribution >= 4 is 31.8 Å². The van der Waals surface area contributed by atoms with Gasteiger partial charge in [-0.3, -0.25) is 4.98 Å². The number of aromatic nitrogens is 1. The van der Waals surface area contributed by atoms with Crippen molar-refractivity contribution in [3.8, 4) is 0 Å². The van der Waals surface area contributed by atoms with Gasteiger partial charge in [-0.1, -0.05) is 6.07 Å². The molecule has 0 aliphatic carbocycles. The van der Waals surface area contributed by atoms with Gasteiger partial charge in [-0.15, -0.1) is 0 Å². The molecule has 0 amide bonds. The summed E-state index contributed by atoms with van der Waals surface area (Å²) in [6.07, 6.45) is 0. The van der Waals surface area contributed by atoms with E-state index in [2.05, 4.69) is 4.98 Å². The molecule has 0 saturated heterocycles. The Bertz CT molecular complexity index is 952. The van der Waals surface area contributed by atoms with Gasteiger partial charge in [-0.2, -0.15) is 0 Å². The Hall–Kier alpha value is -0.980. The summed E-state index contributed by atoms with van der Waals surface area (Å²) in [4.78, 5) is 4.24. The van der Waals surface area contributed by atoms with Crippen molar-refractivity contribution in [1.82, 2.24) is 4.98 Å². The summed E-state index contributed by atoms with van der Waals surface area (Å²) in [5.41, 5.74) is 2.83. The standard InChI is InChI=1S/C15H13NO3S.Na/c1-9-5-10(2)16-15-8-12-6-13(20(17,18)19)4-3-11(12)7-14(9)15;/h3-8H,1-2H3,(H,17,18,19);/q;+1/p-1. The zero-order valence-electron chi connectivity index (χ0n) is 12.0. The molecule has 6 heteroatoms. The average molecular weight is 309 g/mol. The molecule has 3 aromatic rings. The zero-order valence-corrected chi connectivity index (χ0v) is 14.9. The maximum atomic E-state index is 11.1. The summed E-state index contributed by atoms with van der Waals surface area (Å²) in [5.74, 6) is 0. The van der Waals surface area contributed by atoms with E-state index in [0.29, 0.717) is 5.39 Å². The van der Waals surface area contributed by atoms with Crippen LogP contribution < -0.4 is 29.6 Å². The first kappa shape index (κ1) is 16.4. The van der Waals surface area contributed by atoms with Crippen LogP contribution in [0.3, 0.4) is 0 Å². The molecule has 1 aromatic heterocycles. The van der Waals surface area contributed by atoms with E-state index in [-0.39, 0.29) is 34.5 Å². The average Bonchev–Trinajstić information content (AvgIpc) is 2.35. The van der Waals surface area contributed by atoms with E-state index in [1.54, 1.807) is 6.07 Å². The number of aryl methyl sites for hydroxylation is 2. The Kier molecular flexibility index (Phi) is 4.42. The van der Waals surface area contributed by atoms with Gasteiger partial charge in [0.2, 0.25) is 0 Å². The molecular weight excluding hydrogens is 297 g/mol. The van der Waals surface area contributed by atoms with Gasteiger partial charge < -0.3 is 4.55 Å². The van der Waals surface area contributed by atoms with Crippen LogP contribution in [0, 0.1) is 13.8 Å². The minimum atomic E-state index is -4.43. The minimum absolute atomic E-state index is 0. The number of hydrogen-bond acceptors (Lipinski definition) is 4. The van der Waals surface area contributed by atoms with Crippen molar-refractivity contribution in [3.05, 3.63) is 47.7 Å². The van der Waals surface area contributed by atoms with Crippen molar-refractivity contribution in [2.75, 3.05) is 0 Å². The predicted octanol–water partition coefficient (Wildman–Crippen LogP) is -0.0871. The summed E-state index contributed by atoms with van der Waals surface area (Å²) in [5, 5.41) is 2.62. The summed E-state index contributed by atoms with van der Waals surface area (Å²) in [7, 11) is -4.43. The van der Waals surface area contributed by atoms with Crippen LogP contribution in [0.15, 0.2) is 41.3 Å². The van der Waals surface area contributed by atoms with E-state index in [0.717, 1.165) is 27.5 Å². The third kappa shape index (κ3) is 3.12. The third-order valence-electron chi connectivity index (χ3n) is 3.36. The molecular formula is C15H12NNaO3S. The van der Waals surface area contributed by atoms with E-state index in [1.807, 2.05) is 32.0 Å². The molecule has 0 N–H and O–H groups in total. The molecule has 0 aliphatic heterocycles. The van der Waals surface area contributed by atoms with Gasteiger partial charge >= 0.3 is 29.6 Å². The monoisotopic (exact) mass is 309 g/mol. The quantitative estimate of drug-likeness (QED) is 0.358. The van der Waals surface area contributed by atoms with Gasteiger partial charge in [-0.05, 0) is 60.5 Å². The van der Waals surface area contributed by atoms with Gasteiger partial charge in [0.25, 0.3) is 0 Å². The maximum Gasteiger partial charge on any atom is 1.00 e. The van der Waals surface area contributed by atoms with E-state index in [4.69, 9.17) is 0 Å². The fraction of sp³-hybridized carbons (Fsp3) is 0.133. The van der Waals surface area contributed by atoms with Crippen LogP contribution in [0.1, 0.15) is 11.3 Å². The molecule has 3 rings (SSSR count). The Morgan fingerprint density at radius 1 is 1.00 bits per heavy atom. The molecule has 0 unspecified atom stereocenters. The molecule has 0 aliphatic rings. The molecule has 0 spiro atoms. The van der Waals surface area contributed by atoms with E-state index < -0.39 is 10.1 Å². The van der Waals surface area contributed by atoms with Gasteiger partial charge in [0, 0.05) is 11.1 Å². The van der Waals surface area contributed by atoms with Gasteiger partial charge in [-0.25, -0.2) is 8.42 Å². The predicted molar refractivity (Wildman–Crippen MR) is 76.7 cm³/mol. The Morgan fingerprint density at radius 2 is 1.71 bits per heavy atom. The van der Waals surface area contributed by atoms with Crippen LogP contribution >= 0.6 is 0 Å². The zero-order chi connectivity index (χ0) is 14.5. The molecule has 21 heavy (non-hydrogen) atoms. The van der Waals surface area contributed by atoms with E-state index in [1.165, 1.54) is 12.1 Å². The molecule has 0 radical (unpaired) electrons. The van der Waals surface area contributed by atoms with Crippen molar-refractivity contribution < 1.29 is 42.5 Å². The Labute approximate surface area is 145 Å². The molecule has 2 aromatic carbocycles. The fourth-order valence-electron chi connectivity index (χ4n) is 2.44. The minimum Gasteiger partial charge on any atom is -0.744 e. The van der Waals surface area contributed by atoms with Crippen molar-refractivity contribution in [3.63, 3.8) is 0 Å². The first-order valence-corrected chi connectivity index (χ1v) is 7.53. The SMILES string of the molecule is Cc1cc(C)c2cc3ccc(S(=O)(=O)[O-])cc3cc2n1.[Na+]. The number of hydrogen-bond donors (Lipinski definition) is 0. The number of fused-ring (bicyclic) bond motifs is 2. The van der Waals surface area contributed by atoms with E-state index in [9.17, 15) is 13.0 Å². The van der Waals surface area contributed by atoms with Crippen LogP contribution in [-0.2, 0) is 10.1 Å². The fourth-order valence-corrected chi connectivity index (χ4v) is 2.95. The van der Waals surface area contributed by atoms with Crippen LogP contribution in [-0.4, -0.2) is 18.0 Å². The largest absolute Gasteiger partial charge is 1.00 e. The summed E-state index contributed by atoms with van der Waals surface area (Å²) >= 11 is 0. The summed E-state index contributed by atoms with van der Waals surface area (Å²) < 4.78 is 33.2. The molecule has 0 bridgehead atoms. The van der Waals surface area contributed by atoms with Crippen LogP contribution in [0.25, 0.3) is 21.7 Å². The first-order valence-electron chi connectivity index (χ1n) is 6.12. The summed E-state index contributed by atoms with van der Waals surface area (Å²) in [6.45, 7) is 3.93. The van der Waals surface area contributed by atoms with Gasteiger partial charge in [0.1, 0.15) is 10.1 Å². The van der Waals surface area contributed by atoms with Crippen LogP contribution in [0.5, 0.6) is 0 Å². The van der Waals surface area contributed by atoms with Crippen molar-refractivity contribution in [2.24, 2.45) is 0 Å². The molecule has 0 fully saturated rings. The smallest absolute Gasteiger partial charge is 0.744 e. The number of benzene rings is 2. The van der Waals surface area contributed by atoms with Crippen molar-refractivity contribution in [2.45, 2.75) is 18.7 Å². The second-order valence-electron chi connectivity index (χ2n) is 4.91. The molecule has 4 nitrogen and oxygen atoms in total. The Morgan fingerprint density at radius 3 is 2.38 bits per heavy atom. The number of pyridine rings is 1. The first-order chi connectivity index (χ1) is 9.34. The topological polar surface area (TPSA) is 70.1 Å². The van der Waals surface area contributed by atoms with Crippen molar-refractivity contribution in [1.29, 1.82) is 0 Å².